The molecule has 11 heteroatoms. The Bertz CT molecular complexity index is 1160. The second-order valence-corrected chi connectivity index (χ2v) is 9.42. The number of fused-ring (bicyclic) bond motifs is 1. The van der Waals surface area contributed by atoms with E-state index < -0.39 is 11.9 Å². The minimum atomic E-state index is -0.833. The molecular weight excluding hydrogens is 481 g/mol. The summed E-state index contributed by atoms with van der Waals surface area (Å²) in [6.07, 6.45) is 1.99. The molecule has 2 unspecified atom stereocenters. The van der Waals surface area contributed by atoms with Crippen LogP contribution in [0.4, 0.5) is 4.39 Å². The number of carbonyl (C=O) groups is 4. The Morgan fingerprint density at radius 3 is 2.65 bits per heavy atom. The number of carbonyl (C=O) groups excluding carboxylic acids is 4. The molecule has 2 aliphatic rings. The zero-order valence-electron chi connectivity index (χ0n) is 21.1. The number of hydrogen-bond acceptors (Lipinski definition) is 6. The van der Waals surface area contributed by atoms with Crippen molar-refractivity contribution >= 4 is 23.7 Å². The molecule has 2 aliphatic heterocycles. The number of halogens is 1. The first-order valence-corrected chi connectivity index (χ1v) is 12.6. The van der Waals surface area contributed by atoms with Crippen molar-refractivity contribution in [3.63, 3.8) is 0 Å². The van der Waals surface area contributed by atoms with Gasteiger partial charge in [0.2, 0.25) is 5.91 Å². The van der Waals surface area contributed by atoms with Gasteiger partial charge in [0.25, 0.3) is 11.8 Å². The molecule has 0 radical (unpaired) electrons. The van der Waals surface area contributed by atoms with Gasteiger partial charge in [0.1, 0.15) is 17.6 Å². The lowest BCUT2D eigenvalue weighted by molar-refractivity contribution is -0.151. The zero-order chi connectivity index (χ0) is 26.5. The van der Waals surface area contributed by atoms with E-state index in [1.54, 1.807) is 35.8 Å². The van der Waals surface area contributed by atoms with Gasteiger partial charge in [-0.2, -0.15) is 5.10 Å². The first-order valence-electron chi connectivity index (χ1n) is 12.6. The fourth-order valence-electron chi connectivity index (χ4n) is 4.74. The summed E-state index contributed by atoms with van der Waals surface area (Å²) in [5.41, 5.74) is 1.14. The molecule has 1 fully saturated rings. The highest BCUT2D eigenvalue weighted by molar-refractivity contribution is 5.99. The average molecular weight is 514 g/mol. The molecule has 0 spiro atoms. The maximum absolute atomic E-state index is 13.2. The summed E-state index contributed by atoms with van der Waals surface area (Å²) in [6.45, 7) is 5.68. The third-order valence-corrected chi connectivity index (χ3v) is 6.67. The molecule has 3 amide bonds. The molecule has 0 bridgehead atoms. The number of ether oxygens (including phenoxy) is 1. The maximum Gasteiger partial charge on any atom is 0.310 e. The van der Waals surface area contributed by atoms with Gasteiger partial charge in [-0.25, -0.2) is 4.39 Å². The first kappa shape index (κ1) is 26.3. The Balaban J connectivity index is 1.39. The van der Waals surface area contributed by atoms with Gasteiger partial charge in [0.15, 0.2) is 5.69 Å². The molecule has 10 nitrogen and oxygen atoms in total. The molecule has 0 saturated carbocycles. The number of nitrogens with zero attached hydrogens (tertiary/aromatic N) is 4. The van der Waals surface area contributed by atoms with Gasteiger partial charge < -0.3 is 19.9 Å². The first-order chi connectivity index (χ1) is 17.8. The minimum absolute atomic E-state index is 0.0506. The normalized spacial score (nSPS) is 18.6. The standard InChI is InChI=1S/C26H32FN5O5/c1-3-37-26(36)19-6-4-11-31(16-19)24(34)17(2)28-23(33)21-14-22-25(35)30(12-5-13-32(22)29-21)15-18-7-9-20(27)10-8-18/h7-10,14,17,19H,3-6,11-13,15-16H2,1-2H3,(H,28,33). The van der Waals surface area contributed by atoms with Crippen molar-refractivity contribution in [3.05, 3.63) is 53.1 Å². The van der Waals surface area contributed by atoms with Gasteiger partial charge in [0, 0.05) is 38.8 Å². The molecule has 1 aromatic carbocycles. The fraction of sp³-hybridized carbons (Fsp3) is 0.500. The SMILES string of the molecule is CCOC(=O)C1CCCN(C(=O)C(C)NC(=O)c2cc3n(n2)CCCN(Cc2ccc(F)cc2)C3=O)C1. The molecule has 37 heavy (non-hydrogen) atoms. The maximum atomic E-state index is 13.2. The molecule has 4 rings (SSSR count). The topological polar surface area (TPSA) is 114 Å². The summed E-state index contributed by atoms with van der Waals surface area (Å²) in [4.78, 5) is 54.4. The Labute approximate surface area is 214 Å². The van der Waals surface area contributed by atoms with Crippen LogP contribution >= 0.6 is 0 Å². The second kappa shape index (κ2) is 11.5. The zero-order valence-corrected chi connectivity index (χ0v) is 21.1. The molecule has 2 aromatic rings. The Morgan fingerprint density at radius 1 is 1.16 bits per heavy atom. The van der Waals surface area contributed by atoms with Crippen molar-refractivity contribution < 1.29 is 28.3 Å². The van der Waals surface area contributed by atoms with Crippen LogP contribution in [-0.2, 0) is 27.4 Å². The Hall–Kier alpha value is -3.76. The van der Waals surface area contributed by atoms with Gasteiger partial charge in [0.05, 0.1) is 12.5 Å². The molecule has 1 saturated heterocycles. The van der Waals surface area contributed by atoms with Crippen LogP contribution < -0.4 is 5.32 Å². The number of esters is 1. The van der Waals surface area contributed by atoms with Crippen LogP contribution in [0.25, 0.3) is 0 Å². The van der Waals surface area contributed by atoms with E-state index in [-0.39, 0.29) is 54.1 Å². The average Bonchev–Trinajstić information content (AvgIpc) is 3.27. The van der Waals surface area contributed by atoms with E-state index in [0.717, 1.165) is 5.56 Å². The van der Waals surface area contributed by atoms with Gasteiger partial charge >= 0.3 is 5.97 Å². The van der Waals surface area contributed by atoms with Gasteiger partial charge in [-0.15, -0.1) is 0 Å². The van der Waals surface area contributed by atoms with Crippen LogP contribution in [0.5, 0.6) is 0 Å². The van der Waals surface area contributed by atoms with E-state index in [1.165, 1.54) is 22.9 Å². The molecule has 1 aromatic heterocycles. The number of rotatable bonds is 7. The largest absolute Gasteiger partial charge is 0.466 e. The van der Waals surface area contributed by atoms with Crippen molar-refractivity contribution in [2.24, 2.45) is 5.92 Å². The molecule has 1 N–H and O–H groups in total. The number of piperidine rings is 1. The second-order valence-electron chi connectivity index (χ2n) is 9.42. The number of aromatic nitrogens is 2. The number of amides is 3. The van der Waals surface area contributed by atoms with E-state index in [0.29, 0.717) is 45.4 Å². The minimum Gasteiger partial charge on any atom is -0.466 e. The molecule has 198 valence electrons. The van der Waals surface area contributed by atoms with E-state index in [9.17, 15) is 23.6 Å². The highest BCUT2D eigenvalue weighted by Gasteiger charge is 2.32. The van der Waals surface area contributed by atoms with Crippen LogP contribution in [-0.4, -0.2) is 75.6 Å². The summed E-state index contributed by atoms with van der Waals surface area (Å²) in [5.74, 6) is -2.13. The van der Waals surface area contributed by atoms with Gasteiger partial charge in [-0.05, 0) is 50.8 Å². The summed E-state index contributed by atoms with van der Waals surface area (Å²) < 4.78 is 19.8. The highest BCUT2D eigenvalue weighted by atomic mass is 19.1. The number of nitrogens with one attached hydrogen (secondary N) is 1. The smallest absolute Gasteiger partial charge is 0.310 e. The van der Waals surface area contributed by atoms with E-state index >= 15 is 0 Å². The lowest BCUT2D eigenvalue weighted by Gasteiger charge is -2.33. The lowest BCUT2D eigenvalue weighted by Crippen LogP contribution is -2.51. The third-order valence-electron chi connectivity index (χ3n) is 6.67. The van der Waals surface area contributed by atoms with Gasteiger partial charge in [-0.1, -0.05) is 12.1 Å². The molecule has 0 aliphatic carbocycles. The number of likely N-dealkylation sites (tertiary alicyclic amines) is 1. The third kappa shape index (κ3) is 6.15. The van der Waals surface area contributed by atoms with Gasteiger partial charge in [-0.3, -0.25) is 23.9 Å². The summed E-state index contributed by atoms with van der Waals surface area (Å²) in [6, 6.07) is 6.59. The van der Waals surface area contributed by atoms with Crippen molar-refractivity contribution in [2.45, 2.75) is 52.2 Å². The summed E-state index contributed by atoms with van der Waals surface area (Å²) >= 11 is 0. The summed E-state index contributed by atoms with van der Waals surface area (Å²) in [5, 5.41) is 6.99. The predicted molar refractivity (Wildman–Crippen MR) is 131 cm³/mol. The van der Waals surface area contributed by atoms with Crippen LogP contribution in [0.2, 0.25) is 0 Å². The van der Waals surface area contributed by atoms with E-state index in [4.69, 9.17) is 4.74 Å². The van der Waals surface area contributed by atoms with Crippen molar-refractivity contribution in [2.75, 3.05) is 26.2 Å². The predicted octanol–water partition coefficient (Wildman–Crippen LogP) is 1.99. The molecule has 2 atom stereocenters. The molecular formula is C26H32FN5O5. The number of hydrogen-bond donors (Lipinski definition) is 1. The summed E-state index contributed by atoms with van der Waals surface area (Å²) in [7, 11) is 0. The van der Waals surface area contributed by atoms with Crippen LogP contribution in [0.3, 0.4) is 0 Å². The van der Waals surface area contributed by atoms with E-state index in [1.807, 2.05) is 0 Å². The Kier molecular flexibility index (Phi) is 8.20. The molecule has 3 heterocycles. The van der Waals surface area contributed by atoms with Crippen LogP contribution in [0.15, 0.2) is 30.3 Å². The fourth-order valence-corrected chi connectivity index (χ4v) is 4.74. The van der Waals surface area contributed by atoms with Crippen LogP contribution in [0.1, 0.15) is 59.7 Å². The number of benzene rings is 1. The van der Waals surface area contributed by atoms with Crippen molar-refractivity contribution in [1.82, 2.24) is 24.9 Å². The van der Waals surface area contributed by atoms with Crippen LogP contribution in [0, 0.1) is 11.7 Å². The monoisotopic (exact) mass is 513 g/mol. The highest BCUT2D eigenvalue weighted by Crippen LogP contribution is 2.20. The Morgan fingerprint density at radius 2 is 1.92 bits per heavy atom. The van der Waals surface area contributed by atoms with E-state index in [2.05, 4.69) is 10.4 Å². The van der Waals surface area contributed by atoms with Crippen molar-refractivity contribution in [1.29, 1.82) is 0 Å². The lowest BCUT2D eigenvalue weighted by atomic mass is 9.97. The number of aryl methyl sites for hydroxylation is 1. The quantitative estimate of drug-likeness (QED) is 0.567. The van der Waals surface area contributed by atoms with Crippen molar-refractivity contribution in [3.8, 4) is 0 Å².